The molecule has 19 heavy (non-hydrogen) atoms. The molecule has 0 aliphatic rings. The number of hydrogen-bond acceptors (Lipinski definition) is 3. The Morgan fingerprint density at radius 3 is 2.95 bits per heavy atom. The Labute approximate surface area is 114 Å². The number of ether oxygens (including phenoxy) is 1. The van der Waals surface area contributed by atoms with Crippen molar-refractivity contribution in [2.75, 3.05) is 13.2 Å². The summed E-state index contributed by atoms with van der Waals surface area (Å²) in [6, 6.07) is 7.07. The molecule has 0 saturated carbocycles. The average Bonchev–Trinajstić information content (AvgIpc) is 2.45. The van der Waals surface area contributed by atoms with Crippen LogP contribution in [0.25, 0.3) is 0 Å². The second-order valence-corrected chi connectivity index (χ2v) is 4.20. The summed E-state index contributed by atoms with van der Waals surface area (Å²) in [5.41, 5.74) is 0.496. The third-order valence-corrected chi connectivity index (χ3v) is 2.72. The van der Waals surface area contributed by atoms with Gasteiger partial charge in [0, 0.05) is 6.54 Å². The Morgan fingerprint density at radius 2 is 2.26 bits per heavy atom. The molecule has 0 spiro atoms. The lowest BCUT2D eigenvalue weighted by Crippen LogP contribution is -2.27. The first-order valence-electron chi connectivity index (χ1n) is 6.48. The van der Waals surface area contributed by atoms with Gasteiger partial charge in [0.2, 0.25) is 0 Å². The summed E-state index contributed by atoms with van der Waals surface area (Å²) in [6.45, 7) is 6.29. The fourth-order valence-electron chi connectivity index (χ4n) is 1.58. The fraction of sp³-hybridized carbons (Fsp3) is 0.400. The van der Waals surface area contributed by atoms with Crippen LogP contribution in [0.1, 0.15) is 30.1 Å². The molecule has 1 rings (SSSR count). The van der Waals surface area contributed by atoms with Gasteiger partial charge in [-0.1, -0.05) is 31.7 Å². The van der Waals surface area contributed by atoms with Crippen molar-refractivity contribution in [2.24, 2.45) is 0 Å². The molecule has 2 N–H and O–H groups in total. The van der Waals surface area contributed by atoms with Crippen molar-refractivity contribution < 1.29 is 14.6 Å². The van der Waals surface area contributed by atoms with Gasteiger partial charge in [-0.15, -0.1) is 0 Å². The first-order valence-corrected chi connectivity index (χ1v) is 6.48. The monoisotopic (exact) mass is 263 g/mol. The van der Waals surface area contributed by atoms with E-state index in [1.807, 2.05) is 13.0 Å². The molecular formula is C15H21NO3. The molecule has 0 fully saturated rings. The molecule has 1 atom stereocenters. The number of hydrogen-bond donors (Lipinski definition) is 2. The van der Waals surface area contributed by atoms with Crippen molar-refractivity contribution >= 4 is 5.91 Å². The first kappa shape index (κ1) is 15.2. The molecule has 1 aromatic carbocycles. The topological polar surface area (TPSA) is 58.6 Å². The number of aliphatic hydroxyl groups excluding tert-OH is 1. The van der Waals surface area contributed by atoms with Crippen LogP contribution in [0.3, 0.4) is 0 Å². The SMILES string of the molecule is C=CCOc1ccccc1C(=O)NCCC(O)CC. The van der Waals surface area contributed by atoms with Gasteiger partial charge in [-0.2, -0.15) is 0 Å². The summed E-state index contributed by atoms with van der Waals surface area (Å²) in [4.78, 5) is 12.0. The minimum Gasteiger partial charge on any atom is -0.489 e. The molecule has 104 valence electrons. The van der Waals surface area contributed by atoms with Gasteiger partial charge in [0.25, 0.3) is 5.91 Å². The van der Waals surface area contributed by atoms with E-state index in [0.29, 0.717) is 37.3 Å². The van der Waals surface area contributed by atoms with Crippen LogP contribution in [-0.2, 0) is 0 Å². The predicted octanol–water partition coefficient (Wildman–Crippen LogP) is 2.14. The molecule has 4 heteroatoms. The van der Waals surface area contributed by atoms with Gasteiger partial charge in [-0.25, -0.2) is 0 Å². The van der Waals surface area contributed by atoms with Gasteiger partial charge in [0.1, 0.15) is 12.4 Å². The minimum absolute atomic E-state index is 0.192. The lowest BCUT2D eigenvalue weighted by Gasteiger charge is -2.11. The second kappa shape index (κ2) is 8.32. The largest absolute Gasteiger partial charge is 0.489 e. The van der Waals surface area contributed by atoms with Crippen molar-refractivity contribution in [3.8, 4) is 5.75 Å². The number of para-hydroxylation sites is 1. The number of benzene rings is 1. The number of aliphatic hydroxyl groups is 1. The van der Waals surface area contributed by atoms with Crippen LogP contribution >= 0.6 is 0 Å². The van der Waals surface area contributed by atoms with E-state index in [1.54, 1.807) is 24.3 Å². The Bertz CT molecular complexity index is 418. The van der Waals surface area contributed by atoms with E-state index < -0.39 is 0 Å². The number of nitrogens with one attached hydrogen (secondary N) is 1. The highest BCUT2D eigenvalue weighted by Gasteiger charge is 2.11. The molecule has 4 nitrogen and oxygen atoms in total. The number of amides is 1. The van der Waals surface area contributed by atoms with Gasteiger partial charge < -0.3 is 15.2 Å². The van der Waals surface area contributed by atoms with Crippen LogP contribution in [0.2, 0.25) is 0 Å². The summed E-state index contributed by atoms with van der Waals surface area (Å²) in [5, 5.41) is 12.2. The zero-order valence-corrected chi connectivity index (χ0v) is 11.3. The molecule has 1 unspecified atom stereocenters. The van der Waals surface area contributed by atoms with Crippen molar-refractivity contribution in [3.63, 3.8) is 0 Å². The number of carbonyl (C=O) groups excluding carboxylic acids is 1. The maximum absolute atomic E-state index is 12.0. The van der Waals surface area contributed by atoms with E-state index >= 15 is 0 Å². The van der Waals surface area contributed by atoms with Crippen molar-refractivity contribution in [3.05, 3.63) is 42.5 Å². The van der Waals surface area contributed by atoms with E-state index in [9.17, 15) is 9.90 Å². The Hall–Kier alpha value is -1.81. The van der Waals surface area contributed by atoms with Crippen molar-refractivity contribution in [2.45, 2.75) is 25.9 Å². The van der Waals surface area contributed by atoms with Crippen LogP contribution in [0.5, 0.6) is 5.75 Å². The Kier molecular flexibility index (Phi) is 6.68. The zero-order chi connectivity index (χ0) is 14.1. The molecule has 0 aromatic heterocycles. The second-order valence-electron chi connectivity index (χ2n) is 4.20. The molecule has 0 aliphatic heterocycles. The van der Waals surface area contributed by atoms with Gasteiger partial charge in [-0.3, -0.25) is 4.79 Å². The quantitative estimate of drug-likeness (QED) is 0.706. The molecule has 0 bridgehead atoms. The predicted molar refractivity (Wildman–Crippen MR) is 75.4 cm³/mol. The summed E-state index contributed by atoms with van der Waals surface area (Å²) >= 11 is 0. The van der Waals surface area contributed by atoms with Crippen LogP contribution < -0.4 is 10.1 Å². The zero-order valence-electron chi connectivity index (χ0n) is 11.3. The third-order valence-electron chi connectivity index (χ3n) is 2.72. The highest BCUT2D eigenvalue weighted by Crippen LogP contribution is 2.17. The molecule has 0 saturated heterocycles. The maximum Gasteiger partial charge on any atom is 0.255 e. The van der Waals surface area contributed by atoms with Crippen LogP contribution in [0.15, 0.2) is 36.9 Å². The van der Waals surface area contributed by atoms with Crippen molar-refractivity contribution in [1.29, 1.82) is 0 Å². The molecule has 1 aromatic rings. The van der Waals surface area contributed by atoms with E-state index in [4.69, 9.17) is 4.74 Å². The van der Waals surface area contributed by atoms with E-state index in [0.717, 1.165) is 0 Å². The van der Waals surface area contributed by atoms with Gasteiger partial charge >= 0.3 is 0 Å². The summed E-state index contributed by atoms with van der Waals surface area (Å²) in [7, 11) is 0. The van der Waals surface area contributed by atoms with Crippen LogP contribution in [-0.4, -0.2) is 30.3 Å². The van der Waals surface area contributed by atoms with E-state index in [-0.39, 0.29) is 12.0 Å². The van der Waals surface area contributed by atoms with E-state index in [1.165, 1.54) is 0 Å². The fourth-order valence-corrected chi connectivity index (χ4v) is 1.58. The van der Waals surface area contributed by atoms with Gasteiger partial charge in [0.15, 0.2) is 0 Å². The van der Waals surface area contributed by atoms with Crippen LogP contribution in [0.4, 0.5) is 0 Å². The van der Waals surface area contributed by atoms with Crippen molar-refractivity contribution in [1.82, 2.24) is 5.32 Å². The van der Waals surface area contributed by atoms with E-state index in [2.05, 4.69) is 11.9 Å². The molecular weight excluding hydrogens is 242 g/mol. The molecule has 1 amide bonds. The first-order chi connectivity index (χ1) is 9.19. The molecule has 0 heterocycles. The summed E-state index contributed by atoms with van der Waals surface area (Å²) < 4.78 is 5.43. The lowest BCUT2D eigenvalue weighted by molar-refractivity contribution is 0.0938. The normalized spacial score (nSPS) is 11.7. The summed E-state index contributed by atoms with van der Waals surface area (Å²) in [5.74, 6) is 0.346. The smallest absolute Gasteiger partial charge is 0.255 e. The highest BCUT2D eigenvalue weighted by molar-refractivity contribution is 5.96. The average molecular weight is 263 g/mol. The molecule has 0 radical (unpaired) electrons. The van der Waals surface area contributed by atoms with Gasteiger partial charge in [0.05, 0.1) is 11.7 Å². The standard InChI is InChI=1S/C15H21NO3/c1-3-11-19-14-8-6-5-7-13(14)15(18)16-10-9-12(17)4-2/h3,5-8,12,17H,1,4,9-11H2,2H3,(H,16,18). The Balaban J connectivity index is 2.58. The third kappa shape index (κ3) is 5.14. The molecule has 0 aliphatic carbocycles. The summed E-state index contributed by atoms with van der Waals surface area (Å²) in [6.07, 6.45) is 2.51. The number of rotatable bonds is 8. The van der Waals surface area contributed by atoms with Crippen LogP contribution in [0, 0.1) is 0 Å². The lowest BCUT2D eigenvalue weighted by atomic mass is 10.1. The van der Waals surface area contributed by atoms with Gasteiger partial charge in [-0.05, 0) is 25.0 Å². The maximum atomic E-state index is 12.0. The minimum atomic E-state index is -0.368. The Morgan fingerprint density at radius 1 is 1.53 bits per heavy atom. The highest BCUT2D eigenvalue weighted by atomic mass is 16.5. The number of carbonyl (C=O) groups is 1.